The first-order chi connectivity index (χ1) is 11.7. The third-order valence-electron chi connectivity index (χ3n) is 5.80. The second kappa shape index (κ2) is 7.85. The molecule has 1 aromatic rings. The molecule has 0 unspecified atom stereocenters. The van der Waals surface area contributed by atoms with Crippen molar-refractivity contribution in [3.63, 3.8) is 0 Å². The van der Waals surface area contributed by atoms with E-state index in [4.69, 9.17) is 9.47 Å². The van der Waals surface area contributed by atoms with Gasteiger partial charge in [-0.25, -0.2) is 0 Å². The average molecular weight is 333 g/mol. The molecule has 1 N–H and O–H groups in total. The molecule has 134 valence electrons. The van der Waals surface area contributed by atoms with Crippen molar-refractivity contribution in [2.75, 3.05) is 40.5 Å². The largest absolute Gasteiger partial charge is 0.496 e. The fourth-order valence-corrected chi connectivity index (χ4v) is 4.38. The highest BCUT2D eigenvalue weighted by Crippen LogP contribution is 2.36. The molecule has 0 spiro atoms. The van der Waals surface area contributed by atoms with E-state index in [1.54, 1.807) is 14.2 Å². The number of piperidine rings is 1. The van der Waals surface area contributed by atoms with Crippen molar-refractivity contribution in [2.45, 2.75) is 45.1 Å². The second-order valence-corrected chi connectivity index (χ2v) is 7.50. The van der Waals surface area contributed by atoms with Crippen LogP contribution in [0.1, 0.15) is 42.4 Å². The van der Waals surface area contributed by atoms with E-state index in [9.17, 15) is 5.11 Å². The average Bonchev–Trinajstić information content (AvgIpc) is 3.07. The zero-order chi connectivity index (χ0) is 17.0. The number of nitrogens with zero attached hydrogens (tertiary/aromatic N) is 1. The third-order valence-corrected chi connectivity index (χ3v) is 5.80. The minimum absolute atomic E-state index is 0.0157. The Morgan fingerprint density at radius 3 is 2.67 bits per heavy atom. The summed E-state index contributed by atoms with van der Waals surface area (Å²) in [7, 11) is 3.51. The van der Waals surface area contributed by atoms with Crippen LogP contribution in [0, 0.1) is 5.41 Å². The fourth-order valence-electron chi connectivity index (χ4n) is 4.38. The van der Waals surface area contributed by atoms with Crippen molar-refractivity contribution in [3.8, 4) is 5.75 Å². The maximum Gasteiger partial charge on any atom is 0.123 e. The maximum absolute atomic E-state index is 9.97. The molecule has 2 aliphatic rings. The molecule has 1 heterocycles. The molecule has 0 aromatic heterocycles. The smallest absolute Gasteiger partial charge is 0.123 e. The number of aliphatic hydroxyl groups is 1. The summed E-state index contributed by atoms with van der Waals surface area (Å²) in [6, 6.07) is 4.59. The minimum Gasteiger partial charge on any atom is -0.496 e. The summed E-state index contributed by atoms with van der Waals surface area (Å²) in [5.41, 5.74) is 4.23. The van der Waals surface area contributed by atoms with Crippen LogP contribution in [0.5, 0.6) is 5.75 Å². The van der Waals surface area contributed by atoms with Gasteiger partial charge in [-0.3, -0.25) is 4.90 Å². The van der Waals surface area contributed by atoms with E-state index >= 15 is 0 Å². The molecule has 0 amide bonds. The Bertz CT molecular complexity index is 560. The zero-order valence-corrected chi connectivity index (χ0v) is 15.1. The molecule has 1 fully saturated rings. The number of fused-ring (bicyclic) bond motifs is 1. The molecule has 1 saturated heterocycles. The number of ether oxygens (including phenoxy) is 2. The highest BCUT2D eigenvalue weighted by atomic mass is 16.5. The second-order valence-electron chi connectivity index (χ2n) is 7.50. The fraction of sp³-hybridized carbons (Fsp3) is 0.700. The van der Waals surface area contributed by atoms with Gasteiger partial charge in [-0.05, 0) is 62.3 Å². The van der Waals surface area contributed by atoms with Crippen LogP contribution in [-0.4, -0.2) is 50.5 Å². The van der Waals surface area contributed by atoms with Gasteiger partial charge in [0, 0.05) is 37.8 Å². The third kappa shape index (κ3) is 3.76. The number of benzene rings is 1. The van der Waals surface area contributed by atoms with Crippen LogP contribution in [0.25, 0.3) is 0 Å². The number of methoxy groups -OCH3 is 2. The summed E-state index contributed by atoms with van der Waals surface area (Å²) in [6.07, 6.45) is 6.79. The van der Waals surface area contributed by atoms with Gasteiger partial charge in [0.15, 0.2) is 0 Å². The van der Waals surface area contributed by atoms with Crippen LogP contribution in [0.2, 0.25) is 0 Å². The van der Waals surface area contributed by atoms with Gasteiger partial charge in [-0.15, -0.1) is 0 Å². The zero-order valence-electron chi connectivity index (χ0n) is 15.1. The number of hydrogen-bond donors (Lipinski definition) is 1. The van der Waals surface area contributed by atoms with Gasteiger partial charge in [0.25, 0.3) is 0 Å². The summed E-state index contributed by atoms with van der Waals surface area (Å²) in [4.78, 5) is 2.48. The molecule has 1 aliphatic heterocycles. The molecule has 24 heavy (non-hydrogen) atoms. The monoisotopic (exact) mass is 333 g/mol. The highest BCUT2D eigenvalue weighted by molar-refractivity contribution is 5.44. The van der Waals surface area contributed by atoms with E-state index in [0.717, 1.165) is 51.3 Å². The molecule has 4 heteroatoms. The van der Waals surface area contributed by atoms with Crippen molar-refractivity contribution in [1.82, 2.24) is 4.90 Å². The molecule has 1 aromatic carbocycles. The van der Waals surface area contributed by atoms with E-state index in [0.29, 0.717) is 0 Å². The van der Waals surface area contributed by atoms with E-state index in [-0.39, 0.29) is 12.0 Å². The molecular weight excluding hydrogens is 302 g/mol. The minimum atomic E-state index is -0.0157. The Labute approximate surface area is 145 Å². The standard InChI is InChI=1S/C20H31NO3/c1-23-10-8-20(15-22)7-4-9-21(14-20)13-18-11-16-5-3-6-17(16)12-19(18)24-2/h11-12,22H,3-10,13-15H2,1-2H3/t20-/m1/s1. The predicted molar refractivity (Wildman–Crippen MR) is 95.5 cm³/mol. The van der Waals surface area contributed by atoms with Crippen LogP contribution < -0.4 is 4.74 Å². The Morgan fingerprint density at radius 1 is 1.17 bits per heavy atom. The number of aryl methyl sites for hydroxylation is 2. The lowest BCUT2D eigenvalue weighted by molar-refractivity contribution is 0.00456. The van der Waals surface area contributed by atoms with Gasteiger partial charge in [0.05, 0.1) is 13.7 Å². The number of aliphatic hydroxyl groups excluding tert-OH is 1. The van der Waals surface area contributed by atoms with Gasteiger partial charge in [0.2, 0.25) is 0 Å². The number of rotatable bonds is 7. The first kappa shape index (κ1) is 17.7. The SMILES string of the molecule is COCC[C@]1(CO)CCCN(Cc2cc3c(cc2OC)CCC3)C1. The quantitative estimate of drug-likeness (QED) is 0.833. The lowest BCUT2D eigenvalue weighted by Gasteiger charge is -2.42. The summed E-state index contributed by atoms with van der Waals surface area (Å²) in [5.74, 6) is 1.02. The Hall–Kier alpha value is -1.10. The van der Waals surface area contributed by atoms with Gasteiger partial charge in [0.1, 0.15) is 5.75 Å². The predicted octanol–water partition coefficient (Wildman–Crippen LogP) is 2.79. The highest BCUT2D eigenvalue weighted by Gasteiger charge is 2.35. The summed E-state index contributed by atoms with van der Waals surface area (Å²) in [5, 5.41) is 9.97. The maximum atomic E-state index is 9.97. The van der Waals surface area contributed by atoms with E-state index in [2.05, 4.69) is 17.0 Å². The molecule has 0 radical (unpaired) electrons. The van der Waals surface area contributed by atoms with Crippen molar-refractivity contribution in [2.24, 2.45) is 5.41 Å². The van der Waals surface area contributed by atoms with Gasteiger partial charge in [-0.2, -0.15) is 0 Å². The van der Waals surface area contributed by atoms with Gasteiger partial charge < -0.3 is 14.6 Å². The van der Waals surface area contributed by atoms with Gasteiger partial charge >= 0.3 is 0 Å². The lowest BCUT2D eigenvalue weighted by atomic mass is 9.78. The van der Waals surface area contributed by atoms with Gasteiger partial charge in [-0.1, -0.05) is 6.07 Å². The first-order valence-electron chi connectivity index (χ1n) is 9.20. The van der Waals surface area contributed by atoms with Crippen LogP contribution >= 0.6 is 0 Å². The van der Waals surface area contributed by atoms with Crippen molar-refractivity contribution >= 4 is 0 Å². The molecule has 0 saturated carbocycles. The summed E-state index contributed by atoms with van der Waals surface area (Å²) in [6.45, 7) is 3.90. The van der Waals surface area contributed by atoms with E-state index < -0.39 is 0 Å². The van der Waals surface area contributed by atoms with Crippen molar-refractivity contribution < 1.29 is 14.6 Å². The molecular formula is C20H31NO3. The Balaban J connectivity index is 1.73. The lowest BCUT2D eigenvalue weighted by Crippen LogP contribution is -2.45. The van der Waals surface area contributed by atoms with Crippen molar-refractivity contribution in [3.05, 3.63) is 28.8 Å². The van der Waals surface area contributed by atoms with Crippen LogP contribution in [0.4, 0.5) is 0 Å². The van der Waals surface area contributed by atoms with Crippen LogP contribution in [0.15, 0.2) is 12.1 Å². The summed E-state index contributed by atoms with van der Waals surface area (Å²) < 4.78 is 10.9. The first-order valence-corrected chi connectivity index (χ1v) is 9.20. The number of likely N-dealkylation sites (tertiary alicyclic amines) is 1. The topological polar surface area (TPSA) is 41.9 Å². The number of hydrogen-bond acceptors (Lipinski definition) is 4. The van der Waals surface area contributed by atoms with Crippen molar-refractivity contribution in [1.29, 1.82) is 0 Å². The normalized spacial score (nSPS) is 24.1. The van der Waals surface area contributed by atoms with E-state index in [1.807, 2.05) is 0 Å². The molecule has 0 bridgehead atoms. The van der Waals surface area contributed by atoms with E-state index in [1.165, 1.54) is 36.0 Å². The molecule has 3 rings (SSSR count). The van der Waals surface area contributed by atoms with Crippen LogP contribution in [0.3, 0.4) is 0 Å². The Morgan fingerprint density at radius 2 is 1.96 bits per heavy atom. The Kier molecular flexibility index (Phi) is 5.80. The molecule has 1 aliphatic carbocycles. The molecule has 1 atom stereocenters. The van der Waals surface area contributed by atoms with Crippen LogP contribution in [-0.2, 0) is 24.1 Å². The summed E-state index contributed by atoms with van der Waals surface area (Å²) >= 11 is 0. The molecule has 4 nitrogen and oxygen atoms in total.